The Bertz CT molecular complexity index is 670. The van der Waals surface area contributed by atoms with Crippen LogP contribution in [0.5, 0.6) is 0 Å². The number of halogens is 1. The van der Waals surface area contributed by atoms with Crippen molar-refractivity contribution in [2.45, 2.75) is 19.4 Å². The monoisotopic (exact) mass is 357 g/mol. The lowest BCUT2D eigenvalue weighted by molar-refractivity contribution is -0.134. The van der Waals surface area contributed by atoms with Crippen LogP contribution in [0.25, 0.3) is 0 Å². The van der Waals surface area contributed by atoms with Gasteiger partial charge in [-0.15, -0.1) is 0 Å². The highest BCUT2D eigenvalue weighted by molar-refractivity contribution is 7.92. The minimum absolute atomic E-state index is 0.208. The number of likely N-dealkylation sites (N-methyl/N-ethyl adjacent to an activating group) is 1. The van der Waals surface area contributed by atoms with E-state index in [1.165, 1.54) is 24.3 Å². The first-order chi connectivity index (χ1) is 11.2. The summed E-state index contributed by atoms with van der Waals surface area (Å²) >= 11 is 0. The molecular formula is C16H24FN3O3S. The zero-order chi connectivity index (χ0) is 17.9. The second-order valence-electron chi connectivity index (χ2n) is 6.09. The molecular weight excluding hydrogens is 333 g/mol. The molecule has 1 saturated heterocycles. The Balaban J connectivity index is 2.32. The van der Waals surface area contributed by atoms with Crippen molar-refractivity contribution >= 4 is 21.6 Å². The molecule has 24 heavy (non-hydrogen) atoms. The van der Waals surface area contributed by atoms with Crippen LogP contribution >= 0.6 is 0 Å². The zero-order valence-corrected chi connectivity index (χ0v) is 15.1. The van der Waals surface area contributed by atoms with Crippen molar-refractivity contribution in [2.75, 3.05) is 43.8 Å². The number of hydrogen-bond acceptors (Lipinski definition) is 4. The Morgan fingerprint density at radius 2 is 1.75 bits per heavy atom. The van der Waals surface area contributed by atoms with E-state index in [1.54, 1.807) is 11.8 Å². The molecule has 0 N–H and O–H groups in total. The number of nitrogens with zero attached hydrogens (tertiary/aromatic N) is 3. The van der Waals surface area contributed by atoms with Crippen LogP contribution in [0.4, 0.5) is 10.1 Å². The third-order valence-corrected chi connectivity index (χ3v) is 5.39. The SMILES string of the molecule is CCC(C(=O)N1CCN(C)CC1)N(c1ccc(F)cc1)S(C)(=O)=O. The fraction of sp³-hybridized carbons (Fsp3) is 0.562. The van der Waals surface area contributed by atoms with Gasteiger partial charge in [0.2, 0.25) is 15.9 Å². The molecule has 6 nitrogen and oxygen atoms in total. The summed E-state index contributed by atoms with van der Waals surface area (Å²) in [6, 6.07) is 4.34. The van der Waals surface area contributed by atoms with Crippen molar-refractivity contribution in [3.05, 3.63) is 30.1 Å². The van der Waals surface area contributed by atoms with Crippen molar-refractivity contribution in [3.8, 4) is 0 Å². The van der Waals surface area contributed by atoms with Crippen LogP contribution in [0.15, 0.2) is 24.3 Å². The second-order valence-corrected chi connectivity index (χ2v) is 7.95. The molecule has 1 aromatic rings. The first-order valence-electron chi connectivity index (χ1n) is 7.96. The summed E-state index contributed by atoms with van der Waals surface area (Å²) in [5.41, 5.74) is 0.299. The largest absolute Gasteiger partial charge is 0.338 e. The number of carbonyl (C=O) groups excluding carboxylic acids is 1. The lowest BCUT2D eigenvalue weighted by atomic mass is 10.1. The molecule has 1 atom stereocenters. The Morgan fingerprint density at radius 1 is 1.21 bits per heavy atom. The van der Waals surface area contributed by atoms with Crippen LogP contribution in [-0.2, 0) is 14.8 Å². The van der Waals surface area contributed by atoms with E-state index in [1.807, 2.05) is 7.05 Å². The molecule has 0 radical (unpaired) electrons. The van der Waals surface area contributed by atoms with Gasteiger partial charge in [0.1, 0.15) is 11.9 Å². The number of hydrogen-bond donors (Lipinski definition) is 0. The maximum atomic E-state index is 13.2. The van der Waals surface area contributed by atoms with E-state index < -0.39 is 21.9 Å². The van der Waals surface area contributed by atoms with Crippen molar-refractivity contribution in [3.63, 3.8) is 0 Å². The molecule has 0 spiro atoms. The number of carbonyl (C=O) groups is 1. The molecule has 0 aromatic heterocycles. The van der Waals surface area contributed by atoms with E-state index in [0.717, 1.165) is 23.7 Å². The predicted molar refractivity (Wildman–Crippen MR) is 91.9 cm³/mol. The molecule has 2 rings (SSSR count). The van der Waals surface area contributed by atoms with Crippen LogP contribution < -0.4 is 4.31 Å². The van der Waals surface area contributed by atoms with Crippen LogP contribution in [-0.4, -0.2) is 69.6 Å². The molecule has 0 aliphatic carbocycles. The van der Waals surface area contributed by atoms with Crippen LogP contribution in [0, 0.1) is 5.82 Å². The molecule has 1 unspecified atom stereocenters. The van der Waals surface area contributed by atoms with Gasteiger partial charge < -0.3 is 9.80 Å². The van der Waals surface area contributed by atoms with E-state index in [0.29, 0.717) is 25.2 Å². The lowest BCUT2D eigenvalue weighted by Gasteiger charge is -2.37. The Kier molecular flexibility index (Phi) is 5.82. The van der Waals surface area contributed by atoms with Gasteiger partial charge in [0.05, 0.1) is 11.9 Å². The summed E-state index contributed by atoms with van der Waals surface area (Å²) in [4.78, 5) is 16.7. The Morgan fingerprint density at radius 3 is 2.21 bits per heavy atom. The van der Waals surface area contributed by atoms with Crippen LogP contribution in [0.1, 0.15) is 13.3 Å². The quantitative estimate of drug-likeness (QED) is 0.793. The van der Waals surface area contributed by atoms with Gasteiger partial charge in [-0.1, -0.05) is 6.92 Å². The minimum atomic E-state index is -3.68. The number of piperazine rings is 1. The van der Waals surface area contributed by atoms with Crippen molar-refractivity contribution in [1.82, 2.24) is 9.80 Å². The van der Waals surface area contributed by atoms with Gasteiger partial charge >= 0.3 is 0 Å². The maximum absolute atomic E-state index is 13.2. The summed E-state index contributed by atoms with van der Waals surface area (Å²) < 4.78 is 38.9. The topological polar surface area (TPSA) is 60.9 Å². The van der Waals surface area contributed by atoms with E-state index >= 15 is 0 Å². The summed E-state index contributed by atoms with van der Waals surface area (Å²) in [6.45, 7) is 4.45. The molecule has 134 valence electrons. The zero-order valence-electron chi connectivity index (χ0n) is 14.3. The van der Waals surface area contributed by atoms with E-state index in [-0.39, 0.29) is 5.91 Å². The van der Waals surface area contributed by atoms with Gasteiger partial charge in [0, 0.05) is 26.2 Å². The molecule has 1 fully saturated rings. The third-order valence-electron chi connectivity index (χ3n) is 4.21. The van der Waals surface area contributed by atoms with Gasteiger partial charge in [-0.3, -0.25) is 9.10 Å². The fourth-order valence-electron chi connectivity index (χ4n) is 2.87. The molecule has 1 aromatic carbocycles. The summed E-state index contributed by atoms with van der Waals surface area (Å²) in [5.74, 6) is -0.661. The van der Waals surface area contributed by atoms with Gasteiger partial charge in [-0.05, 0) is 37.7 Å². The molecule has 8 heteroatoms. The molecule has 1 aliphatic rings. The summed E-state index contributed by atoms with van der Waals surface area (Å²) in [5, 5.41) is 0. The average Bonchev–Trinajstić information content (AvgIpc) is 2.52. The van der Waals surface area contributed by atoms with Gasteiger partial charge in [0.25, 0.3) is 0 Å². The third kappa shape index (κ3) is 4.24. The van der Waals surface area contributed by atoms with Crippen LogP contribution in [0.3, 0.4) is 0 Å². The number of benzene rings is 1. The minimum Gasteiger partial charge on any atom is -0.338 e. The second kappa shape index (κ2) is 7.48. The smallest absolute Gasteiger partial charge is 0.246 e. The summed E-state index contributed by atoms with van der Waals surface area (Å²) in [7, 11) is -1.70. The maximum Gasteiger partial charge on any atom is 0.246 e. The molecule has 1 heterocycles. The highest BCUT2D eigenvalue weighted by atomic mass is 32.2. The van der Waals surface area contributed by atoms with E-state index in [2.05, 4.69) is 4.90 Å². The van der Waals surface area contributed by atoms with Gasteiger partial charge in [-0.25, -0.2) is 12.8 Å². The number of amides is 1. The Hall–Kier alpha value is -1.67. The van der Waals surface area contributed by atoms with E-state index in [9.17, 15) is 17.6 Å². The molecule has 1 aliphatic heterocycles. The molecule has 1 amide bonds. The van der Waals surface area contributed by atoms with Crippen LogP contribution in [0.2, 0.25) is 0 Å². The predicted octanol–water partition coefficient (Wildman–Crippen LogP) is 1.14. The van der Waals surface area contributed by atoms with Crippen molar-refractivity contribution in [2.24, 2.45) is 0 Å². The highest BCUT2D eigenvalue weighted by Crippen LogP contribution is 2.24. The molecule has 0 bridgehead atoms. The highest BCUT2D eigenvalue weighted by Gasteiger charge is 2.34. The first kappa shape index (κ1) is 18.7. The number of anilines is 1. The van der Waals surface area contributed by atoms with Gasteiger partial charge in [0.15, 0.2) is 0 Å². The normalized spacial score (nSPS) is 17.6. The number of rotatable bonds is 5. The molecule has 0 saturated carbocycles. The summed E-state index contributed by atoms with van der Waals surface area (Å²) in [6.07, 6.45) is 1.41. The van der Waals surface area contributed by atoms with Crippen molar-refractivity contribution < 1.29 is 17.6 Å². The first-order valence-corrected chi connectivity index (χ1v) is 9.81. The average molecular weight is 357 g/mol. The number of sulfonamides is 1. The van der Waals surface area contributed by atoms with Gasteiger partial charge in [-0.2, -0.15) is 0 Å². The standard InChI is InChI=1S/C16H24FN3O3S/c1-4-15(16(21)19-11-9-18(2)10-12-19)20(24(3,22)23)14-7-5-13(17)6-8-14/h5-8,15H,4,9-12H2,1-3H3. The van der Waals surface area contributed by atoms with Crippen molar-refractivity contribution in [1.29, 1.82) is 0 Å². The van der Waals surface area contributed by atoms with E-state index in [4.69, 9.17) is 0 Å². The Labute approximate surface area is 142 Å². The fourth-order valence-corrected chi connectivity index (χ4v) is 4.08. The lowest BCUT2D eigenvalue weighted by Crippen LogP contribution is -2.55.